The van der Waals surface area contributed by atoms with Gasteiger partial charge in [0.25, 0.3) is 0 Å². The number of carbonyl (C=O) groups is 2. The number of nitrogens with zero attached hydrogens (tertiary/aromatic N) is 4. The summed E-state index contributed by atoms with van der Waals surface area (Å²) < 4.78 is 4.76. The largest absolute Gasteiger partial charge is 0.465 e. The quantitative estimate of drug-likeness (QED) is 0.387. The Morgan fingerprint density at radius 2 is 1.82 bits per heavy atom. The summed E-state index contributed by atoms with van der Waals surface area (Å²) in [5.41, 5.74) is 4.36. The monoisotopic (exact) mass is 497 g/mol. The van der Waals surface area contributed by atoms with Crippen LogP contribution in [0.4, 0.5) is 17.2 Å². The highest BCUT2D eigenvalue weighted by molar-refractivity contribution is 8.00. The Morgan fingerprint density at radius 1 is 1.09 bits per heavy atom. The fourth-order valence-electron chi connectivity index (χ4n) is 3.85. The minimum Gasteiger partial charge on any atom is -0.465 e. The van der Waals surface area contributed by atoms with Crippen LogP contribution in [0.3, 0.4) is 0 Å². The Labute approximate surface area is 207 Å². The van der Waals surface area contributed by atoms with Crippen LogP contribution in [0, 0.1) is 13.8 Å². The fraction of sp³-hybridized carbons (Fsp3) is 0.333. The summed E-state index contributed by atoms with van der Waals surface area (Å²) in [6.45, 7) is 7.74. The Hall–Kier alpha value is -3.11. The van der Waals surface area contributed by atoms with Crippen LogP contribution in [0.2, 0.25) is 0 Å². The van der Waals surface area contributed by atoms with Gasteiger partial charge in [0.05, 0.1) is 18.6 Å². The molecule has 10 heteroatoms. The molecular formula is C24H27N5O3S2. The topological polar surface area (TPSA) is 87.7 Å². The number of amides is 1. The van der Waals surface area contributed by atoms with Gasteiger partial charge in [0, 0.05) is 44.3 Å². The first kappa shape index (κ1) is 24.0. The summed E-state index contributed by atoms with van der Waals surface area (Å²) in [7, 11) is 1.32. The smallest absolute Gasteiger partial charge is 0.350 e. The third-order valence-electron chi connectivity index (χ3n) is 5.79. The van der Waals surface area contributed by atoms with Crippen molar-refractivity contribution < 1.29 is 14.3 Å². The minimum atomic E-state index is -0.464. The molecule has 0 bridgehead atoms. The lowest BCUT2D eigenvalue weighted by Gasteiger charge is -2.37. The maximum absolute atomic E-state index is 12.5. The molecule has 1 N–H and O–H groups in total. The van der Waals surface area contributed by atoms with E-state index in [1.54, 1.807) is 23.8 Å². The lowest BCUT2D eigenvalue weighted by Crippen LogP contribution is -2.47. The van der Waals surface area contributed by atoms with Crippen LogP contribution in [0.1, 0.15) is 20.8 Å². The van der Waals surface area contributed by atoms with E-state index in [4.69, 9.17) is 4.74 Å². The second kappa shape index (κ2) is 10.9. The molecule has 1 saturated heterocycles. The number of esters is 1. The highest BCUT2D eigenvalue weighted by Gasteiger charge is 2.23. The van der Waals surface area contributed by atoms with Crippen molar-refractivity contribution in [2.45, 2.75) is 18.9 Å². The molecule has 1 aliphatic heterocycles. The first-order valence-electron chi connectivity index (χ1n) is 10.9. The van der Waals surface area contributed by atoms with Crippen LogP contribution < -0.4 is 15.1 Å². The summed E-state index contributed by atoms with van der Waals surface area (Å²) in [4.78, 5) is 38.4. The van der Waals surface area contributed by atoms with E-state index in [2.05, 4.69) is 57.1 Å². The predicted molar refractivity (Wildman–Crippen MR) is 137 cm³/mol. The zero-order valence-electron chi connectivity index (χ0n) is 19.4. The predicted octanol–water partition coefficient (Wildman–Crippen LogP) is 4.00. The van der Waals surface area contributed by atoms with Gasteiger partial charge in [-0.1, -0.05) is 23.9 Å². The normalized spacial score (nSPS) is 13.6. The number of piperazine rings is 1. The number of methoxy groups -OCH3 is 1. The van der Waals surface area contributed by atoms with Gasteiger partial charge >= 0.3 is 5.97 Å². The Balaban J connectivity index is 1.37. The van der Waals surface area contributed by atoms with Crippen molar-refractivity contribution in [2.24, 2.45) is 0 Å². The van der Waals surface area contributed by atoms with Crippen LogP contribution in [0.25, 0.3) is 0 Å². The van der Waals surface area contributed by atoms with Gasteiger partial charge in [-0.2, -0.15) is 0 Å². The number of hydrogen-bond acceptors (Lipinski definition) is 9. The van der Waals surface area contributed by atoms with Crippen molar-refractivity contribution in [2.75, 3.05) is 54.2 Å². The average Bonchev–Trinajstić information content (AvgIpc) is 3.32. The molecule has 0 spiro atoms. The number of rotatable bonds is 7. The first-order chi connectivity index (χ1) is 16.5. The summed E-state index contributed by atoms with van der Waals surface area (Å²) in [5, 5.41) is 5.25. The van der Waals surface area contributed by atoms with Gasteiger partial charge in [-0.05, 0) is 42.5 Å². The maximum Gasteiger partial charge on any atom is 0.350 e. The fourth-order valence-corrected chi connectivity index (χ4v) is 5.40. The van der Waals surface area contributed by atoms with Gasteiger partial charge in [-0.15, -0.1) is 11.3 Å². The van der Waals surface area contributed by atoms with Crippen molar-refractivity contribution in [3.8, 4) is 0 Å². The molecule has 3 heterocycles. The maximum atomic E-state index is 12.5. The summed E-state index contributed by atoms with van der Waals surface area (Å²) in [5.74, 6) is 0.274. The zero-order valence-corrected chi connectivity index (χ0v) is 21.0. The molecule has 34 heavy (non-hydrogen) atoms. The van der Waals surface area contributed by atoms with E-state index in [1.165, 1.54) is 47.0 Å². The van der Waals surface area contributed by atoms with Crippen LogP contribution >= 0.6 is 23.1 Å². The van der Waals surface area contributed by atoms with E-state index in [-0.39, 0.29) is 11.7 Å². The number of aryl methyl sites for hydroxylation is 1. The van der Waals surface area contributed by atoms with E-state index < -0.39 is 5.97 Å². The van der Waals surface area contributed by atoms with Crippen LogP contribution in [-0.2, 0) is 9.53 Å². The van der Waals surface area contributed by atoms with E-state index in [0.717, 1.165) is 37.0 Å². The van der Waals surface area contributed by atoms with Gasteiger partial charge in [-0.3, -0.25) is 4.79 Å². The van der Waals surface area contributed by atoms with Gasteiger partial charge in [0.1, 0.15) is 9.90 Å². The molecule has 8 nitrogen and oxygen atoms in total. The van der Waals surface area contributed by atoms with E-state index in [9.17, 15) is 9.59 Å². The second-order valence-electron chi connectivity index (χ2n) is 7.87. The van der Waals surface area contributed by atoms with Crippen LogP contribution in [0.5, 0.6) is 0 Å². The number of carbonyl (C=O) groups excluding carboxylic acids is 2. The highest BCUT2D eigenvalue weighted by Crippen LogP contribution is 2.29. The zero-order chi connectivity index (χ0) is 24.1. The van der Waals surface area contributed by atoms with Crippen molar-refractivity contribution >= 4 is 52.2 Å². The molecule has 0 saturated carbocycles. The third kappa shape index (κ3) is 5.34. The molecule has 1 amide bonds. The number of thioether (sulfide) groups is 1. The molecule has 0 aliphatic carbocycles. The lowest BCUT2D eigenvalue weighted by molar-refractivity contribution is -0.113. The number of aromatic nitrogens is 2. The van der Waals surface area contributed by atoms with Gasteiger partial charge in [-0.25, -0.2) is 14.8 Å². The number of benzene rings is 1. The molecule has 2 aromatic heterocycles. The van der Waals surface area contributed by atoms with Crippen molar-refractivity contribution in [3.63, 3.8) is 0 Å². The molecule has 1 aliphatic rings. The van der Waals surface area contributed by atoms with Gasteiger partial charge in [0.15, 0.2) is 5.82 Å². The first-order valence-corrected chi connectivity index (χ1v) is 12.8. The number of nitrogens with one attached hydrogen (secondary N) is 1. The second-order valence-corrected chi connectivity index (χ2v) is 9.75. The number of hydrogen-bond donors (Lipinski definition) is 1. The SMILES string of the molecule is COC(=O)c1sccc1NC(=O)CSc1nccnc1N1CCN(c2cccc(C)c2C)CC1. The Morgan fingerprint density at radius 3 is 2.59 bits per heavy atom. The number of thiophene rings is 1. The molecule has 178 valence electrons. The van der Waals surface area contributed by atoms with Crippen molar-refractivity contribution in [1.82, 2.24) is 9.97 Å². The standard InChI is InChI=1S/C24H27N5O3S2/c1-16-5-4-6-19(17(16)2)28-10-12-29(13-11-28)22-23(26-9-8-25-22)34-15-20(30)27-18-7-14-33-21(18)24(31)32-3/h4-9,14H,10-13,15H2,1-3H3,(H,27,30). The van der Waals surface area contributed by atoms with Crippen molar-refractivity contribution in [1.29, 1.82) is 0 Å². The highest BCUT2D eigenvalue weighted by atomic mass is 32.2. The summed E-state index contributed by atoms with van der Waals surface area (Å²) >= 11 is 2.57. The molecule has 0 unspecified atom stereocenters. The number of ether oxygens (including phenoxy) is 1. The van der Waals surface area contributed by atoms with Crippen LogP contribution in [-0.4, -0.2) is 60.9 Å². The Bertz CT molecular complexity index is 1170. The molecule has 0 atom stereocenters. The van der Waals surface area contributed by atoms with E-state index in [0.29, 0.717) is 10.6 Å². The minimum absolute atomic E-state index is 0.157. The molecule has 4 rings (SSSR count). The lowest BCUT2D eigenvalue weighted by atomic mass is 10.1. The molecular weight excluding hydrogens is 470 g/mol. The Kier molecular flexibility index (Phi) is 7.69. The molecule has 1 fully saturated rings. The van der Waals surface area contributed by atoms with Crippen LogP contribution in [0.15, 0.2) is 47.1 Å². The van der Waals surface area contributed by atoms with Gasteiger partial charge < -0.3 is 19.9 Å². The summed E-state index contributed by atoms with van der Waals surface area (Å²) in [6, 6.07) is 8.13. The van der Waals surface area contributed by atoms with E-state index in [1.807, 2.05) is 0 Å². The summed E-state index contributed by atoms with van der Waals surface area (Å²) in [6.07, 6.45) is 3.33. The third-order valence-corrected chi connectivity index (χ3v) is 7.65. The van der Waals surface area contributed by atoms with E-state index >= 15 is 0 Å². The van der Waals surface area contributed by atoms with Gasteiger partial charge in [0.2, 0.25) is 5.91 Å². The van der Waals surface area contributed by atoms with Crippen molar-refractivity contribution in [3.05, 3.63) is 58.0 Å². The molecule has 1 aromatic carbocycles. The molecule has 0 radical (unpaired) electrons. The molecule has 3 aromatic rings. The average molecular weight is 498 g/mol. The number of anilines is 3.